The SMILES string of the molecule is CC(C)(C=O)n1ccc(-c2ncccc2Br)n1. The summed E-state index contributed by atoms with van der Waals surface area (Å²) in [4.78, 5) is 15.2. The van der Waals surface area contributed by atoms with Crippen molar-refractivity contribution >= 4 is 22.2 Å². The molecule has 0 aliphatic rings. The van der Waals surface area contributed by atoms with Gasteiger partial charge in [0.05, 0.1) is 0 Å². The predicted molar refractivity (Wildman–Crippen MR) is 68.5 cm³/mol. The summed E-state index contributed by atoms with van der Waals surface area (Å²) >= 11 is 3.43. The molecule has 4 nitrogen and oxygen atoms in total. The highest BCUT2D eigenvalue weighted by Gasteiger charge is 2.20. The zero-order valence-electron chi connectivity index (χ0n) is 9.59. The molecule has 0 radical (unpaired) electrons. The van der Waals surface area contributed by atoms with Gasteiger partial charge in [0.25, 0.3) is 0 Å². The molecule has 0 saturated heterocycles. The molecule has 0 fully saturated rings. The Labute approximate surface area is 108 Å². The molecule has 2 heterocycles. The van der Waals surface area contributed by atoms with Crippen LogP contribution in [0.15, 0.2) is 35.1 Å². The van der Waals surface area contributed by atoms with Crippen LogP contribution >= 0.6 is 15.9 Å². The molecule has 0 aromatic carbocycles. The van der Waals surface area contributed by atoms with E-state index < -0.39 is 5.54 Å². The van der Waals surface area contributed by atoms with Crippen LogP contribution in [0.2, 0.25) is 0 Å². The fourth-order valence-corrected chi connectivity index (χ4v) is 1.86. The molecule has 0 spiro atoms. The fourth-order valence-electron chi connectivity index (χ4n) is 1.40. The number of aldehydes is 1. The number of rotatable bonds is 3. The Bertz CT molecular complexity index is 548. The Morgan fingerprint density at radius 2 is 2.18 bits per heavy atom. The molecule has 0 aliphatic heterocycles. The summed E-state index contributed by atoms with van der Waals surface area (Å²) in [7, 11) is 0. The van der Waals surface area contributed by atoms with Gasteiger partial charge in [-0.25, -0.2) is 0 Å². The molecule has 0 N–H and O–H groups in total. The highest BCUT2D eigenvalue weighted by Crippen LogP contribution is 2.25. The minimum Gasteiger partial charge on any atom is -0.301 e. The van der Waals surface area contributed by atoms with Crippen molar-refractivity contribution in [2.75, 3.05) is 0 Å². The third-order valence-corrected chi connectivity index (χ3v) is 3.11. The quantitative estimate of drug-likeness (QED) is 0.818. The molecule has 5 heteroatoms. The molecule has 88 valence electrons. The van der Waals surface area contributed by atoms with Gasteiger partial charge in [-0.15, -0.1) is 0 Å². The van der Waals surface area contributed by atoms with E-state index in [1.54, 1.807) is 17.1 Å². The summed E-state index contributed by atoms with van der Waals surface area (Å²) in [6, 6.07) is 5.60. The van der Waals surface area contributed by atoms with Crippen LogP contribution in [0.1, 0.15) is 13.8 Å². The van der Waals surface area contributed by atoms with Crippen LogP contribution in [0, 0.1) is 0 Å². The molecule has 2 aromatic rings. The van der Waals surface area contributed by atoms with Gasteiger partial charge >= 0.3 is 0 Å². The van der Waals surface area contributed by atoms with Crippen LogP contribution in [0.5, 0.6) is 0 Å². The van der Waals surface area contributed by atoms with E-state index in [9.17, 15) is 4.79 Å². The number of halogens is 1. The van der Waals surface area contributed by atoms with Gasteiger partial charge in [-0.3, -0.25) is 9.67 Å². The molecular formula is C12H12BrN3O. The molecule has 0 saturated carbocycles. The Morgan fingerprint density at radius 1 is 1.41 bits per heavy atom. The maximum absolute atomic E-state index is 11.0. The van der Waals surface area contributed by atoms with E-state index in [2.05, 4.69) is 26.0 Å². The number of hydrogen-bond donors (Lipinski definition) is 0. The molecule has 0 aliphatic carbocycles. The van der Waals surface area contributed by atoms with E-state index in [0.29, 0.717) is 0 Å². The average molecular weight is 294 g/mol. The van der Waals surface area contributed by atoms with Crippen molar-refractivity contribution in [3.63, 3.8) is 0 Å². The van der Waals surface area contributed by atoms with Crippen molar-refractivity contribution in [3.05, 3.63) is 35.1 Å². The van der Waals surface area contributed by atoms with E-state index >= 15 is 0 Å². The van der Waals surface area contributed by atoms with Gasteiger partial charge in [-0.1, -0.05) is 0 Å². The number of pyridine rings is 1. The number of nitrogens with zero attached hydrogens (tertiary/aromatic N) is 3. The molecule has 17 heavy (non-hydrogen) atoms. The van der Waals surface area contributed by atoms with Crippen molar-refractivity contribution in [2.45, 2.75) is 19.4 Å². The highest BCUT2D eigenvalue weighted by molar-refractivity contribution is 9.10. The molecule has 2 rings (SSSR count). The van der Waals surface area contributed by atoms with Gasteiger partial charge in [0.15, 0.2) is 0 Å². The Hall–Kier alpha value is -1.49. The summed E-state index contributed by atoms with van der Waals surface area (Å²) in [6.07, 6.45) is 4.37. The van der Waals surface area contributed by atoms with Crippen LogP contribution in [-0.4, -0.2) is 21.1 Å². The van der Waals surface area contributed by atoms with Crippen molar-refractivity contribution < 1.29 is 4.79 Å². The Morgan fingerprint density at radius 3 is 2.82 bits per heavy atom. The predicted octanol–water partition coefficient (Wildman–Crippen LogP) is 2.64. The van der Waals surface area contributed by atoms with Gasteiger partial charge in [0, 0.05) is 16.9 Å². The first kappa shape index (κ1) is 12.0. The highest BCUT2D eigenvalue weighted by atomic mass is 79.9. The van der Waals surface area contributed by atoms with E-state index in [1.165, 1.54) is 0 Å². The second-order valence-electron chi connectivity index (χ2n) is 4.25. The number of carbonyl (C=O) groups excluding carboxylic acids is 1. The summed E-state index contributed by atoms with van der Waals surface area (Å²) in [5, 5.41) is 4.38. The smallest absolute Gasteiger partial charge is 0.147 e. The maximum atomic E-state index is 11.0. The van der Waals surface area contributed by atoms with E-state index in [-0.39, 0.29) is 0 Å². The summed E-state index contributed by atoms with van der Waals surface area (Å²) in [5.41, 5.74) is 0.875. The normalized spacial score (nSPS) is 11.5. The number of aromatic nitrogens is 3. The third kappa shape index (κ3) is 2.29. The Balaban J connectivity index is 2.44. The van der Waals surface area contributed by atoms with Crippen molar-refractivity contribution in [3.8, 4) is 11.4 Å². The lowest BCUT2D eigenvalue weighted by atomic mass is 10.1. The summed E-state index contributed by atoms with van der Waals surface area (Å²) in [5.74, 6) is 0. The van der Waals surface area contributed by atoms with Crippen LogP contribution in [0.3, 0.4) is 0 Å². The summed E-state index contributed by atoms with van der Waals surface area (Å²) < 4.78 is 2.52. The van der Waals surface area contributed by atoms with Crippen molar-refractivity contribution in [1.82, 2.24) is 14.8 Å². The maximum Gasteiger partial charge on any atom is 0.147 e. The Kier molecular flexibility index (Phi) is 3.11. The standard InChI is InChI=1S/C12H12BrN3O/c1-12(2,8-17)16-7-5-10(15-16)11-9(13)4-3-6-14-11/h3-8H,1-2H3. The summed E-state index contributed by atoms with van der Waals surface area (Å²) in [6.45, 7) is 3.62. The number of hydrogen-bond acceptors (Lipinski definition) is 3. The minimum atomic E-state index is -0.639. The van der Waals surface area contributed by atoms with E-state index in [4.69, 9.17) is 0 Å². The third-order valence-electron chi connectivity index (χ3n) is 2.47. The average Bonchev–Trinajstić information content (AvgIpc) is 2.79. The first-order valence-electron chi connectivity index (χ1n) is 5.18. The van der Waals surface area contributed by atoms with E-state index in [1.807, 2.05) is 32.0 Å². The van der Waals surface area contributed by atoms with Crippen LogP contribution in [0.25, 0.3) is 11.4 Å². The van der Waals surface area contributed by atoms with Gasteiger partial charge in [0.2, 0.25) is 0 Å². The minimum absolute atomic E-state index is 0.639. The monoisotopic (exact) mass is 293 g/mol. The van der Waals surface area contributed by atoms with Crippen molar-refractivity contribution in [2.24, 2.45) is 0 Å². The van der Waals surface area contributed by atoms with Gasteiger partial charge < -0.3 is 4.79 Å². The first-order valence-corrected chi connectivity index (χ1v) is 5.97. The van der Waals surface area contributed by atoms with Gasteiger partial charge in [0.1, 0.15) is 23.2 Å². The topological polar surface area (TPSA) is 47.8 Å². The van der Waals surface area contributed by atoms with Gasteiger partial charge in [-0.2, -0.15) is 5.10 Å². The fraction of sp³-hybridized carbons (Fsp3) is 0.250. The van der Waals surface area contributed by atoms with Gasteiger partial charge in [-0.05, 0) is 48.0 Å². The molecule has 0 amide bonds. The first-order chi connectivity index (χ1) is 8.04. The second-order valence-corrected chi connectivity index (χ2v) is 5.11. The number of carbonyl (C=O) groups is 1. The van der Waals surface area contributed by atoms with Crippen molar-refractivity contribution in [1.29, 1.82) is 0 Å². The largest absolute Gasteiger partial charge is 0.301 e. The zero-order valence-corrected chi connectivity index (χ0v) is 11.2. The lowest BCUT2D eigenvalue weighted by Gasteiger charge is -2.17. The van der Waals surface area contributed by atoms with Crippen LogP contribution < -0.4 is 0 Å². The van der Waals surface area contributed by atoms with Crippen LogP contribution in [-0.2, 0) is 10.3 Å². The zero-order chi connectivity index (χ0) is 12.5. The lowest BCUT2D eigenvalue weighted by molar-refractivity contribution is -0.114. The molecule has 2 aromatic heterocycles. The lowest BCUT2D eigenvalue weighted by Crippen LogP contribution is -2.28. The molecule has 0 unspecified atom stereocenters. The molecule has 0 bridgehead atoms. The second kappa shape index (κ2) is 4.41. The molecular weight excluding hydrogens is 282 g/mol. The van der Waals surface area contributed by atoms with E-state index in [0.717, 1.165) is 22.1 Å². The molecule has 0 atom stereocenters. The van der Waals surface area contributed by atoms with Crippen LogP contribution in [0.4, 0.5) is 0 Å².